The fourth-order valence-corrected chi connectivity index (χ4v) is 4.85. The summed E-state index contributed by atoms with van der Waals surface area (Å²) in [6.45, 7) is 0. The monoisotopic (exact) mass is 360 g/mol. The molecule has 2 atom stereocenters. The molecular formula is C14H17BrO4S. The number of carbonyl (C=O) groups is 1. The fourth-order valence-electron chi connectivity index (χ4n) is 2.60. The number of benzene rings is 1. The van der Waals surface area contributed by atoms with Crippen LogP contribution in [0.15, 0.2) is 29.2 Å². The van der Waals surface area contributed by atoms with Crippen LogP contribution in [0.1, 0.15) is 24.8 Å². The van der Waals surface area contributed by atoms with Gasteiger partial charge in [0, 0.05) is 5.33 Å². The number of rotatable bonds is 4. The van der Waals surface area contributed by atoms with Gasteiger partial charge in [0.05, 0.1) is 23.2 Å². The smallest absolute Gasteiger partial charge is 0.308 e. The Hall–Kier alpha value is -0.880. The van der Waals surface area contributed by atoms with Crippen LogP contribution in [-0.4, -0.2) is 26.7 Å². The van der Waals surface area contributed by atoms with E-state index in [2.05, 4.69) is 15.9 Å². The van der Waals surface area contributed by atoms with Crippen LogP contribution in [0.5, 0.6) is 0 Å². The number of esters is 1. The number of methoxy groups -OCH3 is 1. The minimum Gasteiger partial charge on any atom is -0.469 e. The van der Waals surface area contributed by atoms with Gasteiger partial charge in [-0.2, -0.15) is 0 Å². The maximum Gasteiger partial charge on any atom is 0.308 e. The van der Waals surface area contributed by atoms with Crippen molar-refractivity contribution in [1.29, 1.82) is 0 Å². The van der Waals surface area contributed by atoms with Gasteiger partial charge in [0.1, 0.15) is 0 Å². The van der Waals surface area contributed by atoms with E-state index in [0.29, 0.717) is 29.5 Å². The Kier molecular flexibility index (Phi) is 4.86. The largest absolute Gasteiger partial charge is 0.469 e. The molecule has 1 saturated carbocycles. The van der Waals surface area contributed by atoms with E-state index in [1.165, 1.54) is 7.11 Å². The van der Waals surface area contributed by atoms with Crippen LogP contribution in [0.25, 0.3) is 0 Å². The Balaban J connectivity index is 2.21. The van der Waals surface area contributed by atoms with Crippen molar-refractivity contribution in [3.8, 4) is 0 Å². The van der Waals surface area contributed by atoms with E-state index >= 15 is 0 Å². The zero-order chi connectivity index (χ0) is 14.8. The summed E-state index contributed by atoms with van der Waals surface area (Å²) in [5.74, 6) is -0.601. The summed E-state index contributed by atoms with van der Waals surface area (Å²) in [5.41, 5.74) is 0.925. The average molecular weight is 361 g/mol. The predicted molar refractivity (Wildman–Crippen MR) is 79.4 cm³/mol. The Morgan fingerprint density at radius 1 is 1.40 bits per heavy atom. The van der Waals surface area contributed by atoms with Gasteiger partial charge in [0.2, 0.25) is 0 Å². The Morgan fingerprint density at radius 2 is 2.15 bits per heavy atom. The highest BCUT2D eigenvalue weighted by Crippen LogP contribution is 2.34. The standard InChI is InChI=1S/C14H17BrO4S/c1-19-14(16)11-5-6-13(8-11)20(17,18)12-4-2-3-10(7-12)9-15/h2-4,7,11,13H,5-6,8-9H2,1H3. The highest BCUT2D eigenvalue weighted by Gasteiger charge is 2.38. The molecule has 0 aromatic heterocycles. The third-order valence-corrected chi connectivity index (χ3v) is 6.60. The number of carbonyl (C=O) groups excluding carboxylic acids is 1. The Labute approximate surface area is 127 Å². The first-order valence-corrected chi connectivity index (χ1v) is 9.12. The van der Waals surface area contributed by atoms with Gasteiger partial charge >= 0.3 is 5.97 Å². The molecule has 1 aromatic carbocycles. The van der Waals surface area contributed by atoms with Crippen molar-refractivity contribution in [1.82, 2.24) is 0 Å². The second-order valence-corrected chi connectivity index (χ2v) is 7.77. The number of ether oxygens (including phenoxy) is 1. The average Bonchev–Trinajstić information content (AvgIpc) is 2.97. The molecule has 0 spiro atoms. The molecule has 0 radical (unpaired) electrons. The minimum absolute atomic E-state index is 0.292. The van der Waals surface area contributed by atoms with Crippen molar-refractivity contribution in [2.45, 2.75) is 34.7 Å². The van der Waals surface area contributed by atoms with Gasteiger partial charge < -0.3 is 4.74 Å². The SMILES string of the molecule is COC(=O)C1CCC(S(=O)(=O)c2cccc(CBr)c2)C1. The normalized spacial score (nSPS) is 22.7. The number of hydrogen-bond donors (Lipinski definition) is 0. The quantitative estimate of drug-likeness (QED) is 0.611. The lowest BCUT2D eigenvalue weighted by Crippen LogP contribution is -2.20. The third-order valence-electron chi connectivity index (χ3n) is 3.74. The molecule has 4 nitrogen and oxygen atoms in total. The van der Waals surface area contributed by atoms with Crippen LogP contribution in [0.3, 0.4) is 0 Å². The molecule has 0 saturated heterocycles. The maximum atomic E-state index is 12.6. The van der Waals surface area contributed by atoms with Gasteiger partial charge in [-0.3, -0.25) is 4.79 Å². The first-order chi connectivity index (χ1) is 9.48. The first kappa shape index (κ1) is 15.5. The summed E-state index contributed by atoms with van der Waals surface area (Å²) in [4.78, 5) is 11.8. The van der Waals surface area contributed by atoms with Gasteiger partial charge in [-0.25, -0.2) is 8.42 Å². The molecule has 2 rings (SSSR count). The van der Waals surface area contributed by atoms with Crippen molar-refractivity contribution in [3.63, 3.8) is 0 Å². The highest BCUT2D eigenvalue weighted by atomic mass is 79.9. The van der Waals surface area contributed by atoms with Crippen LogP contribution in [0.2, 0.25) is 0 Å². The van der Waals surface area contributed by atoms with Crippen molar-refractivity contribution in [2.75, 3.05) is 7.11 Å². The van der Waals surface area contributed by atoms with Gasteiger partial charge in [-0.1, -0.05) is 28.1 Å². The van der Waals surface area contributed by atoms with Crippen molar-refractivity contribution >= 4 is 31.7 Å². The summed E-state index contributed by atoms with van der Waals surface area (Å²) in [6.07, 6.45) is 1.45. The van der Waals surface area contributed by atoms with Crippen LogP contribution < -0.4 is 0 Å². The predicted octanol–water partition coefficient (Wildman–Crippen LogP) is 2.70. The molecule has 20 heavy (non-hydrogen) atoms. The maximum absolute atomic E-state index is 12.6. The van der Waals surface area contributed by atoms with Gasteiger partial charge in [-0.15, -0.1) is 0 Å². The lowest BCUT2D eigenvalue weighted by Gasteiger charge is -2.12. The lowest BCUT2D eigenvalue weighted by molar-refractivity contribution is -0.145. The molecule has 6 heteroatoms. The molecule has 0 heterocycles. The van der Waals surface area contributed by atoms with Crippen LogP contribution in [-0.2, 0) is 24.7 Å². The van der Waals surface area contributed by atoms with Crippen LogP contribution in [0.4, 0.5) is 0 Å². The van der Waals surface area contributed by atoms with Gasteiger partial charge in [-0.05, 0) is 37.0 Å². The number of alkyl halides is 1. The fraction of sp³-hybridized carbons (Fsp3) is 0.500. The topological polar surface area (TPSA) is 60.4 Å². The van der Waals surface area contributed by atoms with E-state index in [-0.39, 0.29) is 11.9 Å². The summed E-state index contributed by atoms with van der Waals surface area (Å²) >= 11 is 3.32. The molecule has 0 N–H and O–H groups in total. The van der Waals surface area contributed by atoms with E-state index in [4.69, 9.17) is 4.74 Å². The van der Waals surface area contributed by atoms with Crippen molar-refractivity contribution in [3.05, 3.63) is 29.8 Å². The zero-order valence-electron chi connectivity index (χ0n) is 11.2. The van der Waals surface area contributed by atoms with Crippen LogP contribution in [0, 0.1) is 5.92 Å². The van der Waals surface area contributed by atoms with Crippen LogP contribution >= 0.6 is 15.9 Å². The molecule has 110 valence electrons. The molecule has 2 unspecified atom stereocenters. The molecule has 1 fully saturated rings. The molecular weight excluding hydrogens is 344 g/mol. The van der Waals surface area contributed by atoms with Crippen molar-refractivity contribution in [2.24, 2.45) is 5.92 Å². The number of halogens is 1. The minimum atomic E-state index is -3.37. The second-order valence-electron chi connectivity index (χ2n) is 4.98. The molecule has 0 bridgehead atoms. The lowest BCUT2D eigenvalue weighted by atomic mass is 10.1. The van der Waals surface area contributed by atoms with E-state index < -0.39 is 15.1 Å². The summed E-state index contributed by atoms with van der Waals surface area (Å²) in [5, 5.41) is 0.128. The van der Waals surface area contributed by atoms with E-state index in [0.717, 1.165) is 5.56 Å². The molecule has 1 aliphatic rings. The molecule has 0 amide bonds. The van der Waals surface area contributed by atoms with E-state index in [9.17, 15) is 13.2 Å². The van der Waals surface area contributed by atoms with Gasteiger partial charge in [0.25, 0.3) is 0 Å². The second kappa shape index (κ2) is 6.26. The molecule has 1 aliphatic carbocycles. The first-order valence-electron chi connectivity index (χ1n) is 6.45. The van der Waals surface area contributed by atoms with E-state index in [1.807, 2.05) is 6.07 Å². The third kappa shape index (κ3) is 3.06. The van der Waals surface area contributed by atoms with Crippen molar-refractivity contribution < 1.29 is 17.9 Å². The van der Waals surface area contributed by atoms with Gasteiger partial charge in [0.15, 0.2) is 9.84 Å². The summed E-state index contributed by atoms with van der Waals surface area (Å²) < 4.78 is 29.9. The Bertz CT molecular complexity index is 597. The number of hydrogen-bond acceptors (Lipinski definition) is 4. The van der Waals surface area contributed by atoms with E-state index in [1.54, 1.807) is 18.2 Å². The summed E-state index contributed by atoms with van der Waals surface area (Å²) in [6, 6.07) is 6.93. The number of sulfone groups is 1. The molecule has 1 aromatic rings. The molecule has 0 aliphatic heterocycles. The summed E-state index contributed by atoms with van der Waals surface area (Å²) in [7, 11) is -2.04. The Morgan fingerprint density at radius 3 is 2.80 bits per heavy atom. The highest BCUT2D eigenvalue weighted by molar-refractivity contribution is 9.08. The zero-order valence-corrected chi connectivity index (χ0v) is 13.6.